The summed E-state index contributed by atoms with van der Waals surface area (Å²) in [4.78, 5) is 2.40. The van der Waals surface area contributed by atoms with Crippen LogP contribution < -0.4 is 5.32 Å². The zero-order valence-corrected chi connectivity index (χ0v) is 7.84. The van der Waals surface area contributed by atoms with Crippen LogP contribution in [0.25, 0.3) is 0 Å². The molecule has 1 saturated heterocycles. The molecule has 1 aliphatic heterocycles. The summed E-state index contributed by atoms with van der Waals surface area (Å²) in [5.41, 5.74) is 0. The van der Waals surface area contributed by atoms with Crippen molar-refractivity contribution in [1.82, 2.24) is 10.2 Å². The molecule has 0 aliphatic carbocycles. The molecule has 0 aromatic rings. The van der Waals surface area contributed by atoms with Crippen LogP contribution in [0.5, 0.6) is 0 Å². The Kier molecular flexibility index (Phi) is 4.13. The van der Waals surface area contributed by atoms with E-state index in [-0.39, 0.29) is 0 Å². The molecule has 1 heterocycles. The average Bonchev–Trinajstić information content (AvgIpc) is 2.15. The third-order valence-electron chi connectivity index (χ3n) is 2.35. The number of piperazine rings is 1. The third-order valence-corrected chi connectivity index (χ3v) is 2.35. The molecule has 1 unspecified atom stereocenters. The van der Waals surface area contributed by atoms with Gasteiger partial charge in [0.15, 0.2) is 0 Å². The van der Waals surface area contributed by atoms with Crippen molar-refractivity contribution >= 4 is 0 Å². The van der Waals surface area contributed by atoms with Crippen LogP contribution in [0.1, 0.15) is 19.8 Å². The van der Waals surface area contributed by atoms with Crippen LogP contribution in [0, 0.1) is 12.3 Å². The van der Waals surface area contributed by atoms with Gasteiger partial charge in [-0.2, -0.15) is 0 Å². The first-order chi connectivity index (χ1) is 5.88. The molecular weight excluding hydrogens is 148 g/mol. The number of terminal acetylenes is 1. The Hall–Kier alpha value is -0.520. The molecule has 68 valence electrons. The molecular formula is C10H18N2. The molecule has 2 nitrogen and oxygen atoms in total. The Morgan fingerprint density at radius 1 is 1.50 bits per heavy atom. The number of hydrogen-bond donors (Lipinski definition) is 1. The van der Waals surface area contributed by atoms with E-state index in [1.807, 2.05) is 0 Å². The van der Waals surface area contributed by atoms with Crippen LogP contribution >= 0.6 is 0 Å². The molecule has 0 radical (unpaired) electrons. The van der Waals surface area contributed by atoms with Gasteiger partial charge in [-0.25, -0.2) is 0 Å². The molecule has 1 fully saturated rings. The average molecular weight is 166 g/mol. The summed E-state index contributed by atoms with van der Waals surface area (Å²) in [5.74, 6) is 2.87. The van der Waals surface area contributed by atoms with Gasteiger partial charge in [0.05, 0.1) is 6.04 Å². The molecule has 2 heteroatoms. The Morgan fingerprint density at radius 3 is 2.67 bits per heavy atom. The molecule has 1 rings (SSSR count). The molecule has 1 atom stereocenters. The van der Waals surface area contributed by atoms with Crippen LogP contribution in [-0.2, 0) is 0 Å². The van der Waals surface area contributed by atoms with E-state index in [1.165, 1.54) is 6.42 Å². The fourth-order valence-electron chi connectivity index (χ4n) is 1.64. The van der Waals surface area contributed by atoms with E-state index >= 15 is 0 Å². The monoisotopic (exact) mass is 166 g/mol. The molecule has 0 aromatic carbocycles. The van der Waals surface area contributed by atoms with Gasteiger partial charge in [0.1, 0.15) is 0 Å². The molecule has 0 bridgehead atoms. The number of hydrogen-bond acceptors (Lipinski definition) is 2. The summed E-state index contributed by atoms with van der Waals surface area (Å²) in [6, 6.07) is 0.372. The number of rotatable bonds is 3. The summed E-state index contributed by atoms with van der Waals surface area (Å²) in [7, 11) is 0. The van der Waals surface area contributed by atoms with Gasteiger partial charge in [0, 0.05) is 26.2 Å². The second-order valence-corrected chi connectivity index (χ2v) is 3.26. The van der Waals surface area contributed by atoms with E-state index in [1.54, 1.807) is 0 Å². The minimum Gasteiger partial charge on any atom is -0.314 e. The second kappa shape index (κ2) is 5.18. The second-order valence-electron chi connectivity index (χ2n) is 3.26. The summed E-state index contributed by atoms with van der Waals surface area (Å²) in [6.45, 7) is 6.57. The zero-order chi connectivity index (χ0) is 8.81. The van der Waals surface area contributed by atoms with Crippen molar-refractivity contribution in [2.24, 2.45) is 0 Å². The summed E-state index contributed by atoms with van der Waals surface area (Å²) < 4.78 is 0. The van der Waals surface area contributed by atoms with Gasteiger partial charge in [-0.1, -0.05) is 19.3 Å². The maximum atomic E-state index is 5.48. The van der Waals surface area contributed by atoms with E-state index in [0.29, 0.717) is 6.04 Å². The lowest BCUT2D eigenvalue weighted by Gasteiger charge is -2.31. The first kappa shape index (κ1) is 9.57. The van der Waals surface area contributed by atoms with Gasteiger partial charge in [-0.15, -0.1) is 6.42 Å². The Labute approximate surface area is 75.3 Å². The highest BCUT2D eigenvalue weighted by molar-refractivity contribution is 5.00. The van der Waals surface area contributed by atoms with Crippen molar-refractivity contribution in [3.05, 3.63) is 0 Å². The Balaban J connectivity index is 2.36. The highest BCUT2D eigenvalue weighted by Crippen LogP contribution is 2.06. The molecule has 0 spiro atoms. The Morgan fingerprint density at radius 2 is 2.17 bits per heavy atom. The highest BCUT2D eigenvalue weighted by atomic mass is 15.2. The van der Waals surface area contributed by atoms with E-state index in [4.69, 9.17) is 6.42 Å². The predicted molar refractivity (Wildman–Crippen MR) is 52.0 cm³/mol. The maximum Gasteiger partial charge on any atom is 0.0712 e. The minimum atomic E-state index is 0.372. The molecule has 12 heavy (non-hydrogen) atoms. The predicted octanol–water partition coefficient (Wildman–Crippen LogP) is 0.694. The summed E-state index contributed by atoms with van der Waals surface area (Å²) in [6.07, 6.45) is 7.79. The smallest absolute Gasteiger partial charge is 0.0712 e. The molecule has 1 N–H and O–H groups in total. The van der Waals surface area contributed by atoms with Crippen LogP contribution in [-0.4, -0.2) is 37.1 Å². The van der Waals surface area contributed by atoms with E-state index in [2.05, 4.69) is 23.1 Å². The lowest BCUT2D eigenvalue weighted by Crippen LogP contribution is -2.47. The van der Waals surface area contributed by atoms with Crippen LogP contribution in [0.15, 0.2) is 0 Å². The first-order valence-corrected chi connectivity index (χ1v) is 4.79. The van der Waals surface area contributed by atoms with Gasteiger partial charge in [0.25, 0.3) is 0 Å². The number of nitrogens with one attached hydrogen (secondary N) is 1. The largest absolute Gasteiger partial charge is 0.314 e. The summed E-state index contributed by atoms with van der Waals surface area (Å²) in [5, 5.41) is 3.33. The highest BCUT2D eigenvalue weighted by Gasteiger charge is 2.16. The van der Waals surface area contributed by atoms with Gasteiger partial charge in [0.2, 0.25) is 0 Å². The molecule has 0 aromatic heterocycles. The van der Waals surface area contributed by atoms with Gasteiger partial charge < -0.3 is 5.32 Å². The fourth-order valence-corrected chi connectivity index (χ4v) is 1.64. The van der Waals surface area contributed by atoms with E-state index in [9.17, 15) is 0 Å². The molecule has 0 amide bonds. The topological polar surface area (TPSA) is 15.3 Å². The maximum absolute atomic E-state index is 5.48. The quantitative estimate of drug-likeness (QED) is 0.621. The van der Waals surface area contributed by atoms with Crippen LogP contribution in [0.3, 0.4) is 0 Å². The van der Waals surface area contributed by atoms with Gasteiger partial charge in [-0.05, 0) is 6.42 Å². The van der Waals surface area contributed by atoms with Crippen LogP contribution in [0.2, 0.25) is 0 Å². The zero-order valence-electron chi connectivity index (χ0n) is 7.84. The lowest BCUT2D eigenvalue weighted by atomic mass is 10.1. The van der Waals surface area contributed by atoms with Crippen molar-refractivity contribution in [1.29, 1.82) is 0 Å². The van der Waals surface area contributed by atoms with Crippen LogP contribution in [0.4, 0.5) is 0 Å². The van der Waals surface area contributed by atoms with Gasteiger partial charge in [-0.3, -0.25) is 4.90 Å². The van der Waals surface area contributed by atoms with Crippen molar-refractivity contribution in [3.8, 4) is 12.3 Å². The van der Waals surface area contributed by atoms with Crippen molar-refractivity contribution in [2.75, 3.05) is 26.2 Å². The fraction of sp³-hybridized carbons (Fsp3) is 0.800. The van der Waals surface area contributed by atoms with E-state index in [0.717, 1.165) is 32.6 Å². The minimum absolute atomic E-state index is 0.372. The first-order valence-electron chi connectivity index (χ1n) is 4.79. The third kappa shape index (κ3) is 2.51. The standard InChI is InChI=1S/C10H18N2/c1-3-5-10(4-2)12-8-6-11-7-9-12/h2,10-11H,3,5-9H2,1H3. The van der Waals surface area contributed by atoms with Crippen molar-refractivity contribution < 1.29 is 0 Å². The SMILES string of the molecule is C#CC(CCC)N1CCNCC1. The molecule has 0 saturated carbocycles. The van der Waals surface area contributed by atoms with E-state index < -0.39 is 0 Å². The van der Waals surface area contributed by atoms with Gasteiger partial charge >= 0.3 is 0 Å². The van der Waals surface area contributed by atoms with Crippen molar-refractivity contribution in [3.63, 3.8) is 0 Å². The van der Waals surface area contributed by atoms with Crippen molar-refractivity contribution in [2.45, 2.75) is 25.8 Å². The lowest BCUT2D eigenvalue weighted by molar-refractivity contribution is 0.199. The molecule has 1 aliphatic rings. The Bertz CT molecular complexity index is 154. The normalized spacial score (nSPS) is 21.7. The summed E-state index contributed by atoms with van der Waals surface area (Å²) >= 11 is 0. The number of nitrogens with zero attached hydrogens (tertiary/aromatic N) is 1.